The van der Waals surface area contributed by atoms with E-state index in [0.717, 1.165) is 30.6 Å². The first kappa shape index (κ1) is 15.8. The molecule has 0 fully saturated rings. The minimum Gasteiger partial charge on any atom is -0.466 e. The summed E-state index contributed by atoms with van der Waals surface area (Å²) in [6, 6.07) is 0. The first-order chi connectivity index (χ1) is 9.02. The lowest BCUT2D eigenvalue weighted by atomic mass is 10.1. The van der Waals surface area contributed by atoms with Crippen LogP contribution < -0.4 is 0 Å². The summed E-state index contributed by atoms with van der Waals surface area (Å²) < 4.78 is 5.51. The van der Waals surface area contributed by atoms with E-state index in [-0.39, 0.29) is 12.5 Å². The van der Waals surface area contributed by atoms with Gasteiger partial charge in [-0.05, 0) is 27.2 Å². The molecule has 0 unspecified atom stereocenters. The highest BCUT2D eigenvalue weighted by molar-refractivity contribution is 5.96. The summed E-state index contributed by atoms with van der Waals surface area (Å²) in [6.45, 7) is 8.78. The topological polar surface area (TPSA) is 53.7 Å². The Hall–Kier alpha value is -1.29. The maximum Gasteiger partial charge on any atom is 0.257 e. The Balaban J connectivity index is 2.86. The van der Waals surface area contributed by atoms with Gasteiger partial charge in [-0.2, -0.15) is 0 Å². The van der Waals surface area contributed by atoms with Crippen LogP contribution in [0.1, 0.15) is 53.6 Å². The van der Waals surface area contributed by atoms with E-state index in [9.17, 15) is 4.79 Å². The highest BCUT2D eigenvalue weighted by Crippen LogP contribution is 2.22. The second-order valence-electron chi connectivity index (χ2n) is 4.94. The molecule has 19 heavy (non-hydrogen) atoms. The van der Waals surface area contributed by atoms with Gasteiger partial charge in [0, 0.05) is 18.7 Å². The number of rotatable bonds is 7. The Morgan fingerprint density at radius 3 is 2.32 bits per heavy atom. The van der Waals surface area contributed by atoms with Gasteiger partial charge < -0.3 is 14.4 Å². The minimum absolute atomic E-state index is 0.00715. The van der Waals surface area contributed by atoms with Gasteiger partial charge in [0.15, 0.2) is 0 Å². The van der Waals surface area contributed by atoms with Crippen LogP contribution in [0.3, 0.4) is 0 Å². The molecule has 1 N–H and O–H groups in total. The SMILES string of the molecule is CCCCCN(CCO)C(=O)c1c(C)oc(C)c1C. The quantitative estimate of drug-likeness (QED) is 0.773. The standard InChI is InChI=1S/C15H25NO3/c1-5-6-7-8-16(9-10-17)15(18)14-11(2)12(3)19-13(14)4/h17H,5-10H2,1-4H3. The van der Waals surface area contributed by atoms with Gasteiger partial charge in [-0.15, -0.1) is 0 Å². The molecule has 0 aromatic carbocycles. The largest absolute Gasteiger partial charge is 0.466 e. The van der Waals surface area contributed by atoms with Crippen molar-refractivity contribution in [2.24, 2.45) is 0 Å². The second-order valence-corrected chi connectivity index (χ2v) is 4.94. The summed E-state index contributed by atoms with van der Waals surface area (Å²) in [4.78, 5) is 14.3. The molecule has 0 atom stereocenters. The van der Waals surface area contributed by atoms with E-state index in [1.54, 1.807) is 4.90 Å². The molecular weight excluding hydrogens is 242 g/mol. The zero-order valence-electron chi connectivity index (χ0n) is 12.5. The fraction of sp³-hybridized carbons (Fsp3) is 0.667. The molecule has 108 valence electrons. The maximum absolute atomic E-state index is 12.5. The molecule has 1 aromatic rings. The Morgan fingerprint density at radius 1 is 1.16 bits per heavy atom. The Labute approximate surface area is 115 Å². The van der Waals surface area contributed by atoms with Crippen molar-refractivity contribution in [3.05, 3.63) is 22.6 Å². The lowest BCUT2D eigenvalue weighted by Gasteiger charge is -2.21. The lowest BCUT2D eigenvalue weighted by Crippen LogP contribution is -2.35. The minimum atomic E-state index is -0.0306. The molecule has 0 saturated heterocycles. The number of aryl methyl sites for hydroxylation is 2. The third kappa shape index (κ3) is 3.83. The average molecular weight is 267 g/mol. The van der Waals surface area contributed by atoms with Gasteiger partial charge in [-0.3, -0.25) is 4.79 Å². The predicted molar refractivity (Wildman–Crippen MR) is 75.4 cm³/mol. The summed E-state index contributed by atoms with van der Waals surface area (Å²) in [5.41, 5.74) is 1.56. The van der Waals surface area contributed by atoms with E-state index in [2.05, 4.69) is 6.92 Å². The van der Waals surface area contributed by atoms with Gasteiger partial charge in [-0.25, -0.2) is 0 Å². The normalized spacial score (nSPS) is 10.8. The van der Waals surface area contributed by atoms with Gasteiger partial charge in [0.05, 0.1) is 12.2 Å². The van der Waals surface area contributed by atoms with Crippen molar-refractivity contribution in [1.82, 2.24) is 4.90 Å². The van der Waals surface area contributed by atoms with Gasteiger partial charge >= 0.3 is 0 Å². The molecule has 0 saturated carbocycles. The van der Waals surface area contributed by atoms with Crippen LogP contribution in [-0.2, 0) is 0 Å². The van der Waals surface area contributed by atoms with Crippen LogP contribution in [0.2, 0.25) is 0 Å². The van der Waals surface area contributed by atoms with Crippen molar-refractivity contribution in [3.8, 4) is 0 Å². The molecular formula is C15H25NO3. The van der Waals surface area contributed by atoms with E-state index in [4.69, 9.17) is 9.52 Å². The van der Waals surface area contributed by atoms with E-state index < -0.39 is 0 Å². The van der Waals surface area contributed by atoms with E-state index >= 15 is 0 Å². The van der Waals surface area contributed by atoms with Crippen LogP contribution in [0.4, 0.5) is 0 Å². The molecule has 0 aliphatic carbocycles. The first-order valence-electron chi connectivity index (χ1n) is 6.99. The van der Waals surface area contributed by atoms with Crippen LogP contribution in [-0.4, -0.2) is 35.6 Å². The number of amides is 1. The predicted octanol–water partition coefficient (Wildman–Crippen LogP) is 2.83. The molecule has 1 aromatic heterocycles. The zero-order chi connectivity index (χ0) is 14.4. The van der Waals surface area contributed by atoms with Crippen LogP contribution in [0.25, 0.3) is 0 Å². The average Bonchev–Trinajstić information content (AvgIpc) is 2.62. The number of unbranched alkanes of at least 4 members (excludes halogenated alkanes) is 2. The van der Waals surface area contributed by atoms with Crippen molar-refractivity contribution in [3.63, 3.8) is 0 Å². The molecule has 0 aliphatic rings. The van der Waals surface area contributed by atoms with Crippen LogP contribution in [0, 0.1) is 20.8 Å². The number of hydrogen-bond acceptors (Lipinski definition) is 3. The van der Waals surface area contributed by atoms with Gasteiger partial charge in [-0.1, -0.05) is 19.8 Å². The van der Waals surface area contributed by atoms with E-state index in [0.29, 0.717) is 24.4 Å². The van der Waals surface area contributed by atoms with Crippen molar-refractivity contribution in [2.45, 2.75) is 47.0 Å². The third-order valence-corrected chi connectivity index (χ3v) is 3.46. The fourth-order valence-electron chi connectivity index (χ4n) is 2.25. The molecule has 1 amide bonds. The summed E-state index contributed by atoms with van der Waals surface area (Å²) in [7, 11) is 0. The number of aliphatic hydroxyl groups is 1. The molecule has 0 spiro atoms. The van der Waals surface area contributed by atoms with Crippen molar-refractivity contribution in [2.75, 3.05) is 19.7 Å². The van der Waals surface area contributed by atoms with E-state index in [1.807, 2.05) is 20.8 Å². The molecule has 0 radical (unpaired) electrons. The van der Waals surface area contributed by atoms with Crippen molar-refractivity contribution in [1.29, 1.82) is 0 Å². The highest BCUT2D eigenvalue weighted by atomic mass is 16.3. The van der Waals surface area contributed by atoms with Crippen molar-refractivity contribution >= 4 is 5.91 Å². The van der Waals surface area contributed by atoms with E-state index in [1.165, 1.54) is 0 Å². The monoisotopic (exact) mass is 267 g/mol. The number of carbonyl (C=O) groups is 1. The summed E-state index contributed by atoms with van der Waals surface area (Å²) in [6.07, 6.45) is 3.18. The molecule has 1 rings (SSSR count). The van der Waals surface area contributed by atoms with Crippen LogP contribution in [0.15, 0.2) is 4.42 Å². The highest BCUT2D eigenvalue weighted by Gasteiger charge is 2.23. The summed E-state index contributed by atoms with van der Waals surface area (Å²) in [5, 5.41) is 9.12. The number of nitrogens with zero attached hydrogens (tertiary/aromatic N) is 1. The van der Waals surface area contributed by atoms with Crippen LogP contribution >= 0.6 is 0 Å². The Morgan fingerprint density at radius 2 is 1.84 bits per heavy atom. The number of hydrogen-bond donors (Lipinski definition) is 1. The fourth-order valence-corrected chi connectivity index (χ4v) is 2.25. The summed E-state index contributed by atoms with van der Waals surface area (Å²) in [5.74, 6) is 1.42. The lowest BCUT2D eigenvalue weighted by molar-refractivity contribution is 0.0716. The smallest absolute Gasteiger partial charge is 0.257 e. The second kappa shape index (κ2) is 7.34. The molecule has 0 bridgehead atoms. The number of aliphatic hydroxyl groups excluding tert-OH is 1. The Kier molecular flexibility index (Phi) is 6.09. The number of carbonyl (C=O) groups excluding carboxylic acids is 1. The van der Waals surface area contributed by atoms with Gasteiger partial charge in [0.25, 0.3) is 5.91 Å². The zero-order valence-corrected chi connectivity index (χ0v) is 12.5. The van der Waals surface area contributed by atoms with Gasteiger partial charge in [0.2, 0.25) is 0 Å². The third-order valence-electron chi connectivity index (χ3n) is 3.46. The molecule has 4 nitrogen and oxygen atoms in total. The van der Waals surface area contributed by atoms with Crippen molar-refractivity contribution < 1.29 is 14.3 Å². The first-order valence-corrected chi connectivity index (χ1v) is 6.99. The Bertz CT molecular complexity index is 423. The van der Waals surface area contributed by atoms with Crippen LogP contribution in [0.5, 0.6) is 0 Å². The molecule has 1 heterocycles. The number of furan rings is 1. The van der Waals surface area contributed by atoms with Gasteiger partial charge in [0.1, 0.15) is 11.5 Å². The molecule has 0 aliphatic heterocycles. The summed E-state index contributed by atoms with van der Waals surface area (Å²) >= 11 is 0. The maximum atomic E-state index is 12.5. The molecule has 4 heteroatoms.